The highest BCUT2D eigenvalue weighted by atomic mass is 35.5. The summed E-state index contributed by atoms with van der Waals surface area (Å²) in [5.74, 6) is -0.108. The van der Waals surface area contributed by atoms with E-state index in [2.05, 4.69) is 4.98 Å². The van der Waals surface area contributed by atoms with Crippen molar-refractivity contribution in [3.63, 3.8) is 0 Å². The fourth-order valence-corrected chi connectivity index (χ4v) is 5.23. The number of pyridine rings is 1. The summed E-state index contributed by atoms with van der Waals surface area (Å²) in [6.07, 6.45) is 3.06. The quantitative estimate of drug-likeness (QED) is 0.757. The number of sulfonamides is 1. The van der Waals surface area contributed by atoms with Crippen molar-refractivity contribution in [2.75, 3.05) is 31.1 Å². The van der Waals surface area contributed by atoms with E-state index in [9.17, 15) is 8.42 Å². The number of piperazine rings is 1. The first-order valence-corrected chi connectivity index (χ1v) is 10.4. The Bertz CT molecular complexity index is 848. The van der Waals surface area contributed by atoms with Crippen molar-refractivity contribution in [2.24, 2.45) is 0 Å². The van der Waals surface area contributed by atoms with Gasteiger partial charge in [-0.1, -0.05) is 53.0 Å². The smallest absolute Gasteiger partial charge is 0.218 e. The zero-order valence-corrected chi connectivity index (χ0v) is 16.3. The van der Waals surface area contributed by atoms with Gasteiger partial charge in [-0.3, -0.25) is 4.98 Å². The summed E-state index contributed by atoms with van der Waals surface area (Å²) in [6, 6.07) is 6.98. The summed E-state index contributed by atoms with van der Waals surface area (Å²) >= 11 is 18.4. The Morgan fingerprint density at radius 2 is 1.52 bits per heavy atom. The van der Waals surface area contributed by atoms with Crippen LogP contribution in [0.5, 0.6) is 0 Å². The van der Waals surface area contributed by atoms with Crippen LogP contribution in [0.2, 0.25) is 15.1 Å². The number of halogens is 3. The molecule has 1 aromatic carbocycles. The molecule has 0 aliphatic carbocycles. The molecule has 1 saturated heterocycles. The van der Waals surface area contributed by atoms with Gasteiger partial charge in [-0.15, -0.1) is 0 Å². The van der Waals surface area contributed by atoms with E-state index in [-0.39, 0.29) is 5.75 Å². The van der Waals surface area contributed by atoms with Crippen LogP contribution in [0.1, 0.15) is 5.56 Å². The van der Waals surface area contributed by atoms with Gasteiger partial charge in [0.15, 0.2) is 0 Å². The maximum absolute atomic E-state index is 12.7. The zero-order chi connectivity index (χ0) is 18.0. The van der Waals surface area contributed by atoms with E-state index in [1.807, 2.05) is 4.90 Å². The van der Waals surface area contributed by atoms with Gasteiger partial charge in [-0.25, -0.2) is 8.42 Å². The summed E-state index contributed by atoms with van der Waals surface area (Å²) in [5.41, 5.74) is 1.30. The summed E-state index contributed by atoms with van der Waals surface area (Å²) in [7, 11) is -3.44. The lowest BCUT2D eigenvalue weighted by molar-refractivity contribution is 0.384. The summed E-state index contributed by atoms with van der Waals surface area (Å²) < 4.78 is 26.8. The Morgan fingerprint density at radius 1 is 0.920 bits per heavy atom. The normalized spacial score (nSPS) is 16.2. The molecule has 9 heteroatoms. The molecule has 1 aromatic heterocycles. The minimum absolute atomic E-state index is 0.108. The molecule has 2 heterocycles. The van der Waals surface area contributed by atoms with Gasteiger partial charge in [0.25, 0.3) is 0 Å². The Hall–Kier alpha value is -1.05. The van der Waals surface area contributed by atoms with Gasteiger partial charge in [-0.2, -0.15) is 4.31 Å². The average Bonchev–Trinajstić information content (AvgIpc) is 2.57. The maximum Gasteiger partial charge on any atom is 0.218 e. The molecule has 5 nitrogen and oxygen atoms in total. The number of hydrogen-bond donors (Lipinski definition) is 0. The molecular formula is C16H16Cl3N3O2S. The summed E-state index contributed by atoms with van der Waals surface area (Å²) in [5, 5.41) is 1.37. The Balaban J connectivity index is 1.70. The summed E-state index contributed by atoms with van der Waals surface area (Å²) in [6.45, 7) is 1.74. The van der Waals surface area contributed by atoms with Crippen molar-refractivity contribution in [1.82, 2.24) is 9.29 Å². The fraction of sp³-hybridized carbons (Fsp3) is 0.312. The van der Waals surface area contributed by atoms with Crippen molar-refractivity contribution in [3.8, 4) is 0 Å². The standard InChI is InChI=1S/C16H16Cl3N3O2S/c17-13-4-2-1-3-12(13)11-25(23,24)22-7-5-21(6-8-22)16-14(18)9-20-10-15(16)19/h1-4,9-10H,5-8,11H2. The van der Waals surface area contributed by atoms with Crippen LogP contribution in [0.15, 0.2) is 36.7 Å². The summed E-state index contributed by atoms with van der Waals surface area (Å²) in [4.78, 5) is 5.92. The molecule has 0 atom stereocenters. The Morgan fingerprint density at radius 3 is 2.12 bits per heavy atom. The van der Waals surface area contributed by atoms with Gasteiger partial charge in [-0.05, 0) is 11.6 Å². The molecule has 134 valence electrons. The first kappa shape index (κ1) is 18.7. The molecule has 0 unspecified atom stereocenters. The van der Waals surface area contributed by atoms with Crippen LogP contribution in [0.25, 0.3) is 0 Å². The molecule has 3 rings (SSSR count). The highest BCUT2D eigenvalue weighted by Crippen LogP contribution is 2.33. The van der Waals surface area contributed by atoms with E-state index in [0.29, 0.717) is 52.5 Å². The van der Waals surface area contributed by atoms with E-state index >= 15 is 0 Å². The lowest BCUT2D eigenvalue weighted by atomic mass is 10.2. The van der Waals surface area contributed by atoms with Crippen LogP contribution in [-0.4, -0.2) is 43.9 Å². The van der Waals surface area contributed by atoms with E-state index in [1.165, 1.54) is 16.7 Å². The third kappa shape index (κ3) is 4.20. The predicted octanol–water partition coefficient (Wildman–Crippen LogP) is 3.69. The molecule has 0 N–H and O–H groups in total. The highest BCUT2D eigenvalue weighted by Gasteiger charge is 2.29. The monoisotopic (exact) mass is 419 g/mol. The minimum atomic E-state index is -3.44. The minimum Gasteiger partial charge on any atom is -0.366 e. The molecule has 0 saturated carbocycles. The number of benzene rings is 1. The molecular weight excluding hydrogens is 405 g/mol. The lowest BCUT2D eigenvalue weighted by Gasteiger charge is -2.36. The molecule has 1 aliphatic heterocycles. The van der Waals surface area contributed by atoms with E-state index < -0.39 is 10.0 Å². The average molecular weight is 421 g/mol. The van der Waals surface area contributed by atoms with Gasteiger partial charge in [0, 0.05) is 43.6 Å². The van der Waals surface area contributed by atoms with Crippen molar-refractivity contribution in [2.45, 2.75) is 5.75 Å². The second kappa shape index (κ2) is 7.68. The molecule has 0 amide bonds. The maximum atomic E-state index is 12.7. The molecule has 0 bridgehead atoms. The second-order valence-corrected chi connectivity index (χ2v) is 8.88. The third-order valence-electron chi connectivity index (χ3n) is 4.07. The van der Waals surface area contributed by atoms with Crippen molar-refractivity contribution in [1.29, 1.82) is 0 Å². The van der Waals surface area contributed by atoms with Gasteiger partial charge in [0.05, 0.1) is 21.5 Å². The number of anilines is 1. The predicted molar refractivity (Wildman–Crippen MR) is 102 cm³/mol. The Labute approximate surface area is 162 Å². The first-order valence-electron chi connectivity index (χ1n) is 7.63. The largest absolute Gasteiger partial charge is 0.366 e. The van der Waals surface area contributed by atoms with Gasteiger partial charge in [0.1, 0.15) is 0 Å². The zero-order valence-electron chi connectivity index (χ0n) is 13.2. The molecule has 2 aromatic rings. The van der Waals surface area contributed by atoms with Gasteiger partial charge >= 0.3 is 0 Å². The molecule has 0 spiro atoms. The van der Waals surface area contributed by atoms with Crippen LogP contribution in [0.3, 0.4) is 0 Å². The molecule has 1 aliphatic rings. The molecule has 1 fully saturated rings. The molecule has 0 radical (unpaired) electrons. The molecule has 25 heavy (non-hydrogen) atoms. The number of rotatable bonds is 4. The van der Waals surface area contributed by atoms with Crippen LogP contribution in [0.4, 0.5) is 5.69 Å². The van der Waals surface area contributed by atoms with E-state index in [0.717, 1.165) is 0 Å². The van der Waals surface area contributed by atoms with Gasteiger partial charge < -0.3 is 4.90 Å². The first-order chi connectivity index (χ1) is 11.9. The highest BCUT2D eigenvalue weighted by molar-refractivity contribution is 7.88. The Kier molecular flexibility index (Phi) is 5.75. The number of nitrogens with zero attached hydrogens (tertiary/aromatic N) is 3. The van der Waals surface area contributed by atoms with Crippen molar-refractivity contribution >= 4 is 50.5 Å². The van der Waals surface area contributed by atoms with E-state index in [1.54, 1.807) is 24.3 Å². The number of hydrogen-bond acceptors (Lipinski definition) is 4. The van der Waals surface area contributed by atoms with Gasteiger partial charge in [0.2, 0.25) is 10.0 Å². The third-order valence-corrected chi connectivity index (χ3v) is 6.82. The second-order valence-electron chi connectivity index (χ2n) is 5.69. The van der Waals surface area contributed by atoms with Crippen molar-refractivity contribution < 1.29 is 8.42 Å². The topological polar surface area (TPSA) is 53.5 Å². The van der Waals surface area contributed by atoms with E-state index in [4.69, 9.17) is 34.8 Å². The van der Waals surface area contributed by atoms with Crippen LogP contribution < -0.4 is 4.90 Å². The number of aromatic nitrogens is 1. The van der Waals surface area contributed by atoms with Crippen LogP contribution >= 0.6 is 34.8 Å². The SMILES string of the molecule is O=S(=O)(Cc1ccccc1Cl)N1CCN(c2c(Cl)cncc2Cl)CC1. The lowest BCUT2D eigenvalue weighted by Crippen LogP contribution is -2.49. The fourth-order valence-electron chi connectivity index (χ4n) is 2.80. The van der Waals surface area contributed by atoms with Crippen molar-refractivity contribution in [3.05, 3.63) is 57.3 Å². The van der Waals surface area contributed by atoms with Crippen LogP contribution in [-0.2, 0) is 15.8 Å². The van der Waals surface area contributed by atoms with Crippen LogP contribution in [0, 0.1) is 0 Å².